The van der Waals surface area contributed by atoms with Gasteiger partial charge in [-0.3, -0.25) is 0 Å². The second kappa shape index (κ2) is 5.94. The first-order valence-electron chi connectivity index (χ1n) is 7.17. The molecule has 0 aromatic carbocycles. The third kappa shape index (κ3) is 2.33. The number of hydrogen-bond acceptors (Lipinski definition) is 3. The van der Waals surface area contributed by atoms with E-state index in [2.05, 4.69) is 22.7 Å². The highest BCUT2D eigenvalue weighted by atomic mass is 35.5. The molecule has 2 heterocycles. The van der Waals surface area contributed by atoms with E-state index in [1.54, 1.807) is 0 Å². The Hall–Kier alpha value is -0.740. The van der Waals surface area contributed by atoms with Gasteiger partial charge < -0.3 is 4.57 Å². The Balaban J connectivity index is 2.16. The molecule has 1 fully saturated rings. The Morgan fingerprint density at radius 1 is 1.45 bits per heavy atom. The van der Waals surface area contributed by atoms with Gasteiger partial charge in [-0.1, -0.05) is 6.42 Å². The fourth-order valence-corrected chi connectivity index (χ4v) is 4.39. The molecule has 0 amide bonds. The van der Waals surface area contributed by atoms with Crippen LogP contribution in [0, 0.1) is 6.92 Å². The standard InChI is InChI=1S/C15H20ClN3S/c1-10-7-9-17-15-14(10)18-13(6-8-16)19(15)11-4-3-5-12(11)20-2/h7,9,11-12H,3-6,8H2,1-2H3. The zero-order valence-electron chi connectivity index (χ0n) is 12.0. The summed E-state index contributed by atoms with van der Waals surface area (Å²) in [4.78, 5) is 9.43. The lowest BCUT2D eigenvalue weighted by atomic mass is 10.2. The maximum absolute atomic E-state index is 5.97. The number of pyridine rings is 1. The molecule has 2 unspecified atom stereocenters. The molecule has 3 nitrogen and oxygen atoms in total. The fourth-order valence-electron chi connectivity index (χ4n) is 3.24. The van der Waals surface area contributed by atoms with Crippen LogP contribution < -0.4 is 0 Å². The molecule has 20 heavy (non-hydrogen) atoms. The van der Waals surface area contributed by atoms with Gasteiger partial charge in [-0.05, 0) is 37.7 Å². The SMILES string of the molecule is CSC1CCCC1n1c(CCCl)nc2c(C)ccnc21. The van der Waals surface area contributed by atoms with E-state index in [9.17, 15) is 0 Å². The van der Waals surface area contributed by atoms with Crippen molar-refractivity contribution >= 4 is 34.5 Å². The van der Waals surface area contributed by atoms with Crippen molar-refractivity contribution in [1.82, 2.24) is 14.5 Å². The van der Waals surface area contributed by atoms with Crippen LogP contribution in [0.2, 0.25) is 0 Å². The van der Waals surface area contributed by atoms with Crippen LogP contribution in [0.15, 0.2) is 12.3 Å². The molecule has 108 valence electrons. The monoisotopic (exact) mass is 309 g/mol. The molecule has 0 aliphatic heterocycles. The van der Waals surface area contributed by atoms with Gasteiger partial charge in [0.15, 0.2) is 5.65 Å². The van der Waals surface area contributed by atoms with Crippen molar-refractivity contribution in [3.63, 3.8) is 0 Å². The third-order valence-electron chi connectivity index (χ3n) is 4.22. The number of halogens is 1. The Labute approximate surface area is 129 Å². The van der Waals surface area contributed by atoms with Crippen molar-refractivity contribution in [2.24, 2.45) is 0 Å². The highest BCUT2D eigenvalue weighted by Crippen LogP contribution is 2.39. The second-order valence-electron chi connectivity index (χ2n) is 5.41. The van der Waals surface area contributed by atoms with E-state index >= 15 is 0 Å². The lowest BCUT2D eigenvalue weighted by Gasteiger charge is -2.21. The molecule has 0 N–H and O–H groups in total. The minimum absolute atomic E-state index is 0.516. The summed E-state index contributed by atoms with van der Waals surface area (Å²) in [6.45, 7) is 2.10. The number of hydrogen-bond donors (Lipinski definition) is 0. The van der Waals surface area contributed by atoms with Gasteiger partial charge in [-0.2, -0.15) is 11.8 Å². The maximum atomic E-state index is 5.97. The van der Waals surface area contributed by atoms with Crippen molar-refractivity contribution < 1.29 is 0 Å². The maximum Gasteiger partial charge on any atom is 0.160 e. The molecule has 1 aliphatic rings. The van der Waals surface area contributed by atoms with E-state index in [1.165, 1.54) is 24.8 Å². The molecule has 0 saturated heterocycles. The van der Waals surface area contributed by atoms with E-state index in [4.69, 9.17) is 16.6 Å². The lowest BCUT2D eigenvalue weighted by molar-refractivity contribution is 0.519. The number of rotatable bonds is 4. The van der Waals surface area contributed by atoms with Crippen LogP contribution in [0.25, 0.3) is 11.2 Å². The van der Waals surface area contributed by atoms with Gasteiger partial charge in [0.2, 0.25) is 0 Å². The van der Waals surface area contributed by atoms with Crippen molar-refractivity contribution in [1.29, 1.82) is 0 Å². The summed E-state index contributed by atoms with van der Waals surface area (Å²) in [5, 5.41) is 0.670. The average Bonchev–Trinajstić information content (AvgIpc) is 3.03. The van der Waals surface area contributed by atoms with Crippen LogP contribution in [0.3, 0.4) is 0 Å². The second-order valence-corrected chi connectivity index (χ2v) is 6.86. The zero-order valence-corrected chi connectivity index (χ0v) is 13.5. The van der Waals surface area contributed by atoms with Crippen LogP contribution in [0.4, 0.5) is 0 Å². The summed E-state index contributed by atoms with van der Waals surface area (Å²) in [5.74, 6) is 1.71. The Kier molecular flexibility index (Phi) is 4.22. The number of thioether (sulfide) groups is 1. The molecular formula is C15H20ClN3S. The van der Waals surface area contributed by atoms with Crippen LogP contribution in [-0.4, -0.2) is 31.9 Å². The minimum Gasteiger partial charge on any atom is -0.308 e. The quantitative estimate of drug-likeness (QED) is 0.800. The Bertz CT molecular complexity index is 610. The number of aryl methyl sites for hydroxylation is 2. The number of imidazole rings is 1. The van der Waals surface area contributed by atoms with E-state index in [0.717, 1.165) is 23.4 Å². The van der Waals surface area contributed by atoms with Crippen molar-refractivity contribution in [2.45, 2.75) is 43.9 Å². The third-order valence-corrected chi connectivity index (χ3v) is 5.57. The van der Waals surface area contributed by atoms with E-state index < -0.39 is 0 Å². The summed E-state index contributed by atoms with van der Waals surface area (Å²) < 4.78 is 2.37. The van der Waals surface area contributed by atoms with Crippen molar-refractivity contribution in [3.05, 3.63) is 23.7 Å². The van der Waals surface area contributed by atoms with E-state index in [-0.39, 0.29) is 0 Å². The predicted octanol–water partition coefficient (Wildman–Crippen LogP) is 3.98. The highest BCUT2D eigenvalue weighted by Gasteiger charge is 2.31. The summed E-state index contributed by atoms with van der Waals surface area (Å²) >= 11 is 7.94. The van der Waals surface area contributed by atoms with Crippen LogP contribution in [0.1, 0.15) is 36.7 Å². The summed E-state index contributed by atoms with van der Waals surface area (Å²) in [5.41, 5.74) is 3.28. The number of aromatic nitrogens is 3. The van der Waals surface area contributed by atoms with E-state index in [0.29, 0.717) is 17.2 Å². The lowest BCUT2D eigenvalue weighted by Crippen LogP contribution is -2.18. The number of fused-ring (bicyclic) bond motifs is 1. The first-order chi connectivity index (χ1) is 9.76. The molecule has 5 heteroatoms. The van der Waals surface area contributed by atoms with Gasteiger partial charge in [0.25, 0.3) is 0 Å². The Morgan fingerprint density at radius 2 is 2.30 bits per heavy atom. The van der Waals surface area contributed by atoms with Gasteiger partial charge in [0, 0.05) is 29.8 Å². The van der Waals surface area contributed by atoms with Gasteiger partial charge in [0.05, 0.1) is 0 Å². The van der Waals surface area contributed by atoms with Gasteiger partial charge in [0.1, 0.15) is 11.3 Å². The minimum atomic E-state index is 0.516. The molecule has 0 spiro atoms. The molecule has 2 aromatic heterocycles. The van der Waals surface area contributed by atoms with Crippen LogP contribution in [-0.2, 0) is 6.42 Å². The van der Waals surface area contributed by atoms with Crippen LogP contribution >= 0.6 is 23.4 Å². The molecule has 0 radical (unpaired) electrons. The molecule has 1 aliphatic carbocycles. The predicted molar refractivity (Wildman–Crippen MR) is 86.9 cm³/mol. The normalized spacial score (nSPS) is 22.8. The first-order valence-corrected chi connectivity index (χ1v) is 8.99. The van der Waals surface area contributed by atoms with Crippen LogP contribution in [0.5, 0.6) is 0 Å². The summed E-state index contributed by atoms with van der Waals surface area (Å²) in [7, 11) is 0. The molecule has 0 bridgehead atoms. The first kappa shape index (κ1) is 14.2. The van der Waals surface area contributed by atoms with Gasteiger partial charge in [-0.25, -0.2) is 9.97 Å². The largest absolute Gasteiger partial charge is 0.308 e. The fraction of sp³-hybridized carbons (Fsp3) is 0.600. The molecule has 3 rings (SSSR count). The van der Waals surface area contributed by atoms with E-state index in [1.807, 2.05) is 24.0 Å². The molecular weight excluding hydrogens is 290 g/mol. The highest BCUT2D eigenvalue weighted by molar-refractivity contribution is 7.99. The molecule has 2 atom stereocenters. The molecule has 2 aromatic rings. The Morgan fingerprint density at radius 3 is 3.05 bits per heavy atom. The average molecular weight is 310 g/mol. The van der Waals surface area contributed by atoms with Gasteiger partial charge >= 0.3 is 0 Å². The zero-order chi connectivity index (χ0) is 14.1. The van der Waals surface area contributed by atoms with Gasteiger partial charge in [-0.15, -0.1) is 11.6 Å². The smallest absolute Gasteiger partial charge is 0.160 e. The number of alkyl halides is 1. The number of nitrogens with zero attached hydrogens (tertiary/aromatic N) is 3. The van der Waals surface area contributed by atoms with Crippen molar-refractivity contribution in [2.75, 3.05) is 12.1 Å². The molecule has 1 saturated carbocycles. The van der Waals surface area contributed by atoms with Crippen molar-refractivity contribution in [3.8, 4) is 0 Å². The topological polar surface area (TPSA) is 30.7 Å². The summed E-state index contributed by atoms with van der Waals surface area (Å²) in [6.07, 6.45) is 8.72. The summed E-state index contributed by atoms with van der Waals surface area (Å²) in [6, 6.07) is 2.55.